The zero-order chi connectivity index (χ0) is 13.9. The number of fused-ring (bicyclic) bond motifs is 1. The number of rotatable bonds is 4. The number of aliphatic hydroxyl groups excluding tert-OH is 1. The van der Waals surface area contributed by atoms with Crippen molar-refractivity contribution in [2.45, 2.75) is 19.6 Å². The first-order valence-corrected chi connectivity index (χ1v) is 6.91. The number of ether oxygens (including phenoxy) is 2. The van der Waals surface area contributed by atoms with E-state index in [2.05, 4.69) is 0 Å². The van der Waals surface area contributed by atoms with E-state index in [0.29, 0.717) is 24.0 Å². The van der Waals surface area contributed by atoms with Crippen LogP contribution in [-0.2, 0) is 19.6 Å². The smallest absolute Gasteiger partial charge is 0.129 e. The molecule has 0 amide bonds. The molecule has 3 nitrogen and oxygen atoms in total. The lowest BCUT2D eigenvalue weighted by atomic mass is 10.1. The van der Waals surface area contributed by atoms with Gasteiger partial charge in [0.15, 0.2) is 0 Å². The Hall–Kier alpha value is -1.71. The molecule has 1 aliphatic rings. The number of halogens is 1. The highest BCUT2D eigenvalue weighted by molar-refractivity contribution is 6.30. The quantitative estimate of drug-likeness (QED) is 0.938. The number of hydrogen-bond acceptors (Lipinski definition) is 3. The number of benzene rings is 2. The van der Waals surface area contributed by atoms with Crippen molar-refractivity contribution in [3.8, 4) is 11.5 Å². The first kappa shape index (κ1) is 13.3. The Labute approximate surface area is 122 Å². The molecule has 2 aromatic carbocycles. The van der Waals surface area contributed by atoms with Gasteiger partial charge in [0, 0.05) is 22.6 Å². The molecule has 1 heterocycles. The maximum Gasteiger partial charge on any atom is 0.129 e. The zero-order valence-electron chi connectivity index (χ0n) is 10.9. The molecule has 0 fully saturated rings. The average molecular weight is 291 g/mol. The van der Waals surface area contributed by atoms with Crippen LogP contribution in [0.15, 0.2) is 36.4 Å². The standard InChI is InChI=1S/C16H15ClO3/c17-14-7-11-5-6-19-16(11)13(8-14)10-20-15-4-2-1-3-12(15)9-18/h1-4,7-8,18H,5-6,9-10H2. The van der Waals surface area contributed by atoms with Gasteiger partial charge in [-0.25, -0.2) is 0 Å². The van der Waals surface area contributed by atoms with Crippen LogP contribution in [0, 0.1) is 0 Å². The Bertz CT molecular complexity index is 625. The van der Waals surface area contributed by atoms with Crippen LogP contribution in [0.3, 0.4) is 0 Å². The molecule has 0 radical (unpaired) electrons. The normalized spacial score (nSPS) is 12.9. The Morgan fingerprint density at radius 1 is 1.20 bits per heavy atom. The Balaban J connectivity index is 1.82. The van der Waals surface area contributed by atoms with Crippen LogP contribution in [0.25, 0.3) is 0 Å². The van der Waals surface area contributed by atoms with Crippen LogP contribution >= 0.6 is 11.6 Å². The predicted molar refractivity (Wildman–Crippen MR) is 77.3 cm³/mol. The van der Waals surface area contributed by atoms with E-state index in [9.17, 15) is 5.11 Å². The molecule has 0 saturated carbocycles. The van der Waals surface area contributed by atoms with Crippen molar-refractivity contribution in [1.29, 1.82) is 0 Å². The van der Waals surface area contributed by atoms with E-state index in [1.165, 1.54) is 0 Å². The van der Waals surface area contributed by atoms with E-state index in [0.717, 1.165) is 28.9 Å². The van der Waals surface area contributed by atoms with E-state index >= 15 is 0 Å². The maximum atomic E-state index is 9.29. The van der Waals surface area contributed by atoms with E-state index in [1.54, 1.807) is 0 Å². The first-order chi connectivity index (χ1) is 9.78. The Morgan fingerprint density at radius 2 is 2.05 bits per heavy atom. The predicted octanol–water partition coefficient (Wildman–Crippen LogP) is 3.35. The second-order valence-corrected chi connectivity index (χ2v) is 5.14. The first-order valence-electron chi connectivity index (χ1n) is 6.53. The van der Waals surface area contributed by atoms with Crippen molar-refractivity contribution < 1.29 is 14.6 Å². The lowest BCUT2D eigenvalue weighted by molar-refractivity contribution is 0.256. The lowest BCUT2D eigenvalue weighted by Crippen LogP contribution is -2.01. The van der Waals surface area contributed by atoms with Crippen molar-refractivity contribution in [1.82, 2.24) is 0 Å². The van der Waals surface area contributed by atoms with Gasteiger partial charge >= 0.3 is 0 Å². The maximum absolute atomic E-state index is 9.29. The summed E-state index contributed by atoms with van der Waals surface area (Å²) in [6, 6.07) is 11.2. The molecule has 1 aliphatic heterocycles. The molecule has 104 valence electrons. The molecular formula is C16H15ClO3. The zero-order valence-corrected chi connectivity index (χ0v) is 11.7. The summed E-state index contributed by atoms with van der Waals surface area (Å²) in [6.45, 7) is 1.02. The van der Waals surface area contributed by atoms with E-state index in [4.69, 9.17) is 21.1 Å². The van der Waals surface area contributed by atoms with Crippen LogP contribution in [0.4, 0.5) is 0 Å². The van der Waals surface area contributed by atoms with Crippen LogP contribution in [-0.4, -0.2) is 11.7 Å². The summed E-state index contributed by atoms with van der Waals surface area (Å²) in [5, 5.41) is 9.99. The fourth-order valence-corrected chi connectivity index (χ4v) is 2.65. The number of hydrogen-bond donors (Lipinski definition) is 1. The van der Waals surface area contributed by atoms with E-state index < -0.39 is 0 Å². The molecule has 1 N–H and O–H groups in total. The highest BCUT2D eigenvalue weighted by atomic mass is 35.5. The van der Waals surface area contributed by atoms with Gasteiger partial charge in [-0.05, 0) is 23.8 Å². The summed E-state index contributed by atoms with van der Waals surface area (Å²) < 4.78 is 11.4. The summed E-state index contributed by atoms with van der Waals surface area (Å²) >= 11 is 6.12. The summed E-state index contributed by atoms with van der Waals surface area (Å²) in [7, 11) is 0. The fourth-order valence-electron chi connectivity index (χ4n) is 2.38. The van der Waals surface area contributed by atoms with Gasteiger partial charge in [0.2, 0.25) is 0 Å². The van der Waals surface area contributed by atoms with Gasteiger partial charge in [-0.2, -0.15) is 0 Å². The Kier molecular flexibility index (Phi) is 3.81. The summed E-state index contributed by atoms with van der Waals surface area (Å²) in [5.41, 5.74) is 2.84. The minimum Gasteiger partial charge on any atom is -0.493 e. The topological polar surface area (TPSA) is 38.7 Å². The molecular weight excluding hydrogens is 276 g/mol. The minimum absolute atomic E-state index is 0.0413. The second kappa shape index (κ2) is 5.73. The molecule has 4 heteroatoms. The van der Waals surface area contributed by atoms with Gasteiger partial charge in [-0.3, -0.25) is 0 Å². The van der Waals surface area contributed by atoms with Crippen LogP contribution in [0.1, 0.15) is 16.7 Å². The van der Waals surface area contributed by atoms with E-state index in [1.807, 2.05) is 36.4 Å². The molecule has 0 saturated heterocycles. The summed E-state index contributed by atoms with van der Waals surface area (Å²) in [4.78, 5) is 0. The third kappa shape index (κ3) is 2.60. The van der Waals surface area contributed by atoms with E-state index in [-0.39, 0.29) is 6.61 Å². The van der Waals surface area contributed by atoms with Gasteiger partial charge in [0.05, 0.1) is 13.2 Å². The largest absolute Gasteiger partial charge is 0.493 e. The molecule has 0 spiro atoms. The van der Waals surface area contributed by atoms with Crippen molar-refractivity contribution >= 4 is 11.6 Å². The fraction of sp³-hybridized carbons (Fsp3) is 0.250. The number of para-hydroxylation sites is 1. The molecule has 0 unspecified atom stereocenters. The molecule has 0 aromatic heterocycles. The van der Waals surface area contributed by atoms with Gasteiger partial charge < -0.3 is 14.6 Å². The lowest BCUT2D eigenvalue weighted by Gasteiger charge is -2.12. The molecule has 2 aromatic rings. The third-order valence-electron chi connectivity index (χ3n) is 3.35. The third-order valence-corrected chi connectivity index (χ3v) is 3.57. The Morgan fingerprint density at radius 3 is 2.90 bits per heavy atom. The van der Waals surface area contributed by atoms with Gasteiger partial charge in [0.25, 0.3) is 0 Å². The van der Waals surface area contributed by atoms with Gasteiger partial charge in [0.1, 0.15) is 18.1 Å². The van der Waals surface area contributed by atoms with Crippen molar-refractivity contribution in [2.75, 3.05) is 6.61 Å². The van der Waals surface area contributed by atoms with Crippen LogP contribution < -0.4 is 9.47 Å². The van der Waals surface area contributed by atoms with Crippen LogP contribution in [0.5, 0.6) is 11.5 Å². The monoisotopic (exact) mass is 290 g/mol. The van der Waals surface area contributed by atoms with Gasteiger partial charge in [-0.15, -0.1) is 0 Å². The average Bonchev–Trinajstić information content (AvgIpc) is 2.93. The SMILES string of the molecule is OCc1ccccc1OCc1cc(Cl)cc2c1OCC2. The number of aliphatic hydroxyl groups is 1. The highest BCUT2D eigenvalue weighted by Gasteiger charge is 2.18. The molecule has 0 atom stereocenters. The minimum atomic E-state index is -0.0413. The van der Waals surface area contributed by atoms with Gasteiger partial charge in [-0.1, -0.05) is 29.8 Å². The summed E-state index contributed by atoms with van der Waals surface area (Å²) in [5.74, 6) is 1.57. The molecule has 0 bridgehead atoms. The molecule has 20 heavy (non-hydrogen) atoms. The van der Waals surface area contributed by atoms with Crippen LogP contribution in [0.2, 0.25) is 5.02 Å². The van der Waals surface area contributed by atoms with Crippen molar-refractivity contribution in [3.05, 3.63) is 58.1 Å². The summed E-state index contributed by atoms with van der Waals surface area (Å²) in [6.07, 6.45) is 0.885. The second-order valence-electron chi connectivity index (χ2n) is 4.71. The van der Waals surface area contributed by atoms with Crippen molar-refractivity contribution in [2.24, 2.45) is 0 Å². The van der Waals surface area contributed by atoms with Crippen molar-refractivity contribution in [3.63, 3.8) is 0 Å². The highest BCUT2D eigenvalue weighted by Crippen LogP contribution is 2.33. The molecule has 3 rings (SSSR count). The molecule has 0 aliphatic carbocycles.